The van der Waals surface area contributed by atoms with Crippen LogP contribution in [0, 0.1) is 0 Å². The molecule has 1 saturated heterocycles. The SMILES string of the molecule is O=C(NCCCN1CCN(c2ccccc2)CC1)c1noc2c1CCCCC2. The highest BCUT2D eigenvalue weighted by molar-refractivity contribution is 5.93. The molecule has 2 heterocycles. The van der Waals surface area contributed by atoms with Crippen LogP contribution in [0.4, 0.5) is 5.69 Å². The van der Waals surface area contributed by atoms with E-state index in [0.717, 1.165) is 76.2 Å². The smallest absolute Gasteiger partial charge is 0.273 e. The van der Waals surface area contributed by atoms with Crippen LogP contribution in [0.1, 0.15) is 47.5 Å². The molecule has 6 heteroatoms. The molecule has 1 aromatic carbocycles. The van der Waals surface area contributed by atoms with Crippen molar-refractivity contribution in [2.45, 2.75) is 38.5 Å². The zero-order chi connectivity index (χ0) is 19.2. The first kappa shape index (κ1) is 19.0. The van der Waals surface area contributed by atoms with Crippen molar-refractivity contribution in [3.05, 3.63) is 47.3 Å². The van der Waals surface area contributed by atoms with Gasteiger partial charge in [0.2, 0.25) is 0 Å². The lowest BCUT2D eigenvalue weighted by Crippen LogP contribution is -2.47. The molecule has 2 aromatic rings. The van der Waals surface area contributed by atoms with E-state index in [0.29, 0.717) is 12.2 Å². The fraction of sp³-hybridized carbons (Fsp3) is 0.545. The van der Waals surface area contributed by atoms with Gasteiger partial charge in [0.15, 0.2) is 5.69 Å². The van der Waals surface area contributed by atoms with Gasteiger partial charge in [0.1, 0.15) is 5.76 Å². The fourth-order valence-electron chi connectivity index (χ4n) is 4.20. The molecular weight excluding hydrogens is 352 g/mol. The van der Waals surface area contributed by atoms with Crippen LogP contribution in [0.25, 0.3) is 0 Å². The van der Waals surface area contributed by atoms with Crippen LogP contribution in [0.3, 0.4) is 0 Å². The predicted molar refractivity (Wildman–Crippen MR) is 110 cm³/mol. The summed E-state index contributed by atoms with van der Waals surface area (Å²) in [4.78, 5) is 17.4. The molecule has 150 valence electrons. The molecule has 28 heavy (non-hydrogen) atoms. The van der Waals surface area contributed by atoms with E-state index in [-0.39, 0.29) is 5.91 Å². The Labute approximate surface area is 166 Å². The van der Waals surface area contributed by atoms with Crippen LogP contribution >= 0.6 is 0 Å². The van der Waals surface area contributed by atoms with Gasteiger partial charge >= 0.3 is 0 Å². The van der Waals surface area contributed by atoms with E-state index in [9.17, 15) is 4.79 Å². The Bertz CT molecular complexity index is 766. The Kier molecular flexibility index (Phi) is 6.27. The topological polar surface area (TPSA) is 61.6 Å². The number of benzene rings is 1. The van der Waals surface area contributed by atoms with Gasteiger partial charge in [-0.25, -0.2) is 0 Å². The molecule has 0 radical (unpaired) electrons. The van der Waals surface area contributed by atoms with Crippen molar-refractivity contribution in [3.63, 3.8) is 0 Å². The van der Waals surface area contributed by atoms with Crippen molar-refractivity contribution in [2.24, 2.45) is 0 Å². The third-order valence-electron chi connectivity index (χ3n) is 5.85. The standard InChI is InChI=1S/C22H30N4O2/c27-22(21-19-10-5-2-6-11-20(19)28-24-21)23-12-7-13-25-14-16-26(17-15-25)18-8-3-1-4-9-18/h1,3-4,8-9H,2,5-7,10-17H2,(H,23,27). The van der Waals surface area contributed by atoms with Crippen molar-refractivity contribution >= 4 is 11.6 Å². The maximum absolute atomic E-state index is 12.5. The minimum Gasteiger partial charge on any atom is -0.369 e. The number of carbonyl (C=O) groups is 1. The van der Waals surface area contributed by atoms with E-state index in [2.05, 4.69) is 50.6 Å². The van der Waals surface area contributed by atoms with Crippen molar-refractivity contribution in [1.82, 2.24) is 15.4 Å². The summed E-state index contributed by atoms with van der Waals surface area (Å²) in [6.07, 6.45) is 6.21. The number of hydrogen-bond acceptors (Lipinski definition) is 5. The maximum atomic E-state index is 12.5. The largest absolute Gasteiger partial charge is 0.369 e. The average molecular weight is 383 g/mol. The highest BCUT2D eigenvalue weighted by Crippen LogP contribution is 2.23. The van der Waals surface area contributed by atoms with Gasteiger partial charge in [-0.2, -0.15) is 0 Å². The van der Waals surface area contributed by atoms with Gasteiger partial charge in [-0.05, 0) is 44.4 Å². The minimum absolute atomic E-state index is 0.0826. The second-order valence-corrected chi connectivity index (χ2v) is 7.77. The lowest BCUT2D eigenvalue weighted by Gasteiger charge is -2.36. The van der Waals surface area contributed by atoms with Crippen molar-refractivity contribution in [1.29, 1.82) is 0 Å². The van der Waals surface area contributed by atoms with E-state index in [1.165, 1.54) is 12.1 Å². The zero-order valence-corrected chi connectivity index (χ0v) is 16.5. The third-order valence-corrected chi connectivity index (χ3v) is 5.85. The molecular formula is C22H30N4O2. The van der Waals surface area contributed by atoms with Crippen molar-refractivity contribution < 1.29 is 9.32 Å². The first-order valence-corrected chi connectivity index (χ1v) is 10.6. The van der Waals surface area contributed by atoms with Crippen LogP contribution in [-0.4, -0.2) is 55.2 Å². The van der Waals surface area contributed by atoms with Crippen LogP contribution in [0.15, 0.2) is 34.9 Å². The molecule has 1 N–H and O–H groups in total. The van der Waals surface area contributed by atoms with E-state index in [1.54, 1.807) is 0 Å². The highest BCUT2D eigenvalue weighted by Gasteiger charge is 2.23. The molecule has 1 aliphatic carbocycles. The summed E-state index contributed by atoms with van der Waals surface area (Å²) in [5.74, 6) is 0.833. The Balaban J connectivity index is 1.18. The second kappa shape index (κ2) is 9.24. The normalized spacial score (nSPS) is 17.8. The number of nitrogens with zero attached hydrogens (tertiary/aromatic N) is 3. The number of amides is 1. The van der Waals surface area contributed by atoms with Crippen LogP contribution < -0.4 is 10.2 Å². The summed E-state index contributed by atoms with van der Waals surface area (Å²) in [7, 11) is 0. The summed E-state index contributed by atoms with van der Waals surface area (Å²) in [5.41, 5.74) is 2.85. The van der Waals surface area contributed by atoms with Crippen molar-refractivity contribution in [2.75, 3.05) is 44.2 Å². The lowest BCUT2D eigenvalue weighted by atomic mass is 10.1. The molecule has 6 nitrogen and oxygen atoms in total. The number of aromatic nitrogens is 1. The zero-order valence-electron chi connectivity index (χ0n) is 16.5. The van der Waals surface area contributed by atoms with E-state index >= 15 is 0 Å². The lowest BCUT2D eigenvalue weighted by molar-refractivity contribution is 0.0941. The highest BCUT2D eigenvalue weighted by atomic mass is 16.5. The van der Waals surface area contributed by atoms with Gasteiger partial charge in [-0.1, -0.05) is 29.8 Å². The van der Waals surface area contributed by atoms with Crippen LogP contribution in [0.5, 0.6) is 0 Å². The first-order valence-electron chi connectivity index (χ1n) is 10.6. The van der Waals surface area contributed by atoms with E-state index in [4.69, 9.17) is 4.52 Å². The predicted octanol–water partition coefficient (Wildman–Crippen LogP) is 2.89. The number of anilines is 1. The number of piperazine rings is 1. The quantitative estimate of drug-likeness (QED) is 0.615. The maximum Gasteiger partial charge on any atom is 0.273 e. The number of rotatable bonds is 6. The molecule has 2 aliphatic rings. The van der Waals surface area contributed by atoms with Crippen LogP contribution in [0.2, 0.25) is 0 Å². The fourth-order valence-corrected chi connectivity index (χ4v) is 4.20. The third kappa shape index (κ3) is 4.55. The molecule has 1 fully saturated rings. The van der Waals surface area contributed by atoms with Gasteiger partial charge in [0, 0.05) is 50.4 Å². The van der Waals surface area contributed by atoms with Gasteiger partial charge in [-0.15, -0.1) is 0 Å². The van der Waals surface area contributed by atoms with Crippen molar-refractivity contribution in [3.8, 4) is 0 Å². The summed E-state index contributed by atoms with van der Waals surface area (Å²) in [6.45, 7) is 5.95. The molecule has 4 rings (SSSR count). The Morgan fingerprint density at radius 3 is 2.64 bits per heavy atom. The van der Waals surface area contributed by atoms with Gasteiger partial charge < -0.3 is 14.7 Å². The molecule has 1 aliphatic heterocycles. The number of carbonyl (C=O) groups excluding carboxylic acids is 1. The van der Waals surface area contributed by atoms with Gasteiger partial charge in [-0.3, -0.25) is 9.69 Å². The Hall–Kier alpha value is -2.34. The minimum atomic E-state index is -0.0826. The molecule has 1 amide bonds. The number of nitrogens with one attached hydrogen (secondary N) is 1. The summed E-state index contributed by atoms with van der Waals surface area (Å²) in [6, 6.07) is 10.6. The molecule has 1 aromatic heterocycles. The molecule has 0 unspecified atom stereocenters. The summed E-state index contributed by atoms with van der Waals surface area (Å²) < 4.78 is 5.41. The molecule has 0 saturated carbocycles. The summed E-state index contributed by atoms with van der Waals surface area (Å²) in [5, 5.41) is 7.07. The number of hydrogen-bond donors (Lipinski definition) is 1. The molecule has 0 atom stereocenters. The van der Waals surface area contributed by atoms with E-state index < -0.39 is 0 Å². The number of para-hydroxylation sites is 1. The van der Waals surface area contributed by atoms with E-state index in [1.807, 2.05) is 0 Å². The van der Waals surface area contributed by atoms with Gasteiger partial charge in [0.25, 0.3) is 5.91 Å². The van der Waals surface area contributed by atoms with Gasteiger partial charge in [0.05, 0.1) is 0 Å². The number of aryl methyl sites for hydroxylation is 1. The Morgan fingerprint density at radius 2 is 1.82 bits per heavy atom. The first-order chi connectivity index (χ1) is 13.8. The molecule has 0 spiro atoms. The molecule has 0 bridgehead atoms. The van der Waals surface area contributed by atoms with Crippen LogP contribution in [-0.2, 0) is 12.8 Å². The second-order valence-electron chi connectivity index (χ2n) is 7.77. The number of fused-ring (bicyclic) bond motifs is 1. The average Bonchev–Trinajstić information content (AvgIpc) is 3.00. The summed E-state index contributed by atoms with van der Waals surface area (Å²) >= 11 is 0. The Morgan fingerprint density at radius 1 is 1.04 bits per heavy atom. The monoisotopic (exact) mass is 382 g/mol.